The van der Waals surface area contributed by atoms with E-state index in [1.54, 1.807) is 10.9 Å². The van der Waals surface area contributed by atoms with Crippen LogP contribution >= 0.6 is 11.8 Å². The molecule has 2 aromatic rings. The maximum Gasteiger partial charge on any atom is 0.257 e. The van der Waals surface area contributed by atoms with E-state index in [0.717, 1.165) is 17.8 Å². The summed E-state index contributed by atoms with van der Waals surface area (Å²) >= 11 is 0.874. The van der Waals surface area contributed by atoms with Crippen molar-refractivity contribution >= 4 is 27.7 Å². The van der Waals surface area contributed by atoms with E-state index < -0.39 is 38.3 Å². The first-order valence-electron chi connectivity index (χ1n) is 6.42. The number of carbonyl (C=O) groups excluding carboxylic acids is 1. The lowest BCUT2D eigenvalue weighted by Gasteiger charge is -2.09. The quantitative estimate of drug-likeness (QED) is 0.599. The molecule has 0 atom stereocenters. The highest BCUT2D eigenvalue weighted by molar-refractivity contribution is 8.00. The van der Waals surface area contributed by atoms with Crippen molar-refractivity contribution in [3.63, 3.8) is 0 Å². The minimum absolute atomic E-state index is 0.233. The fourth-order valence-electron chi connectivity index (χ4n) is 1.57. The number of thioether (sulfide) groups is 1. The van der Waals surface area contributed by atoms with Gasteiger partial charge in [-0.1, -0.05) is 12.1 Å². The van der Waals surface area contributed by atoms with Crippen molar-refractivity contribution in [2.75, 3.05) is 5.75 Å². The van der Waals surface area contributed by atoms with Gasteiger partial charge in [-0.2, -0.15) is 0 Å². The van der Waals surface area contributed by atoms with E-state index in [2.05, 4.69) is 0 Å². The molecular formula is C14H11F3N2O3S2. The fourth-order valence-corrected chi connectivity index (χ4v) is 3.18. The molecule has 0 unspecified atom stereocenters. The smallest absolute Gasteiger partial charge is 0.257 e. The van der Waals surface area contributed by atoms with Crippen LogP contribution in [0.3, 0.4) is 0 Å². The van der Waals surface area contributed by atoms with Crippen LogP contribution in [0, 0.1) is 17.5 Å². The summed E-state index contributed by atoms with van der Waals surface area (Å²) in [5, 5.41) is 0. The number of carbonyl (C=O) groups is 1. The first kappa shape index (κ1) is 18.3. The Labute approximate surface area is 140 Å². The number of hydrogen-bond acceptors (Lipinski definition) is 4. The predicted octanol–water partition coefficient (Wildman–Crippen LogP) is 2.21. The number of hydrazine groups is 1. The number of halogens is 3. The van der Waals surface area contributed by atoms with Crippen LogP contribution in [0.2, 0.25) is 0 Å². The molecule has 0 spiro atoms. The largest absolute Gasteiger partial charge is 0.277 e. The minimum atomic E-state index is -4.26. The molecule has 0 radical (unpaired) electrons. The molecule has 0 bridgehead atoms. The van der Waals surface area contributed by atoms with Crippen LogP contribution in [0.4, 0.5) is 13.2 Å². The maximum atomic E-state index is 13.4. The zero-order chi connectivity index (χ0) is 17.7. The van der Waals surface area contributed by atoms with Crippen LogP contribution in [-0.2, 0) is 14.8 Å². The average Bonchev–Trinajstić information content (AvgIpc) is 2.54. The summed E-state index contributed by atoms with van der Waals surface area (Å²) in [6.45, 7) is 0. The molecule has 24 heavy (non-hydrogen) atoms. The fraction of sp³-hybridized carbons (Fsp3) is 0.0714. The van der Waals surface area contributed by atoms with E-state index in [-0.39, 0.29) is 10.6 Å². The highest BCUT2D eigenvalue weighted by atomic mass is 32.2. The second-order valence-electron chi connectivity index (χ2n) is 4.45. The first-order chi connectivity index (χ1) is 11.3. The average molecular weight is 376 g/mol. The lowest BCUT2D eigenvalue weighted by Crippen LogP contribution is -2.42. The van der Waals surface area contributed by atoms with Gasteiger partial charge < -0.3 is 0 Å². The standard InChI is InChI=1S/C14H11F3N2O3S2/c15-10-6-5-9(7-12(10)17)24(21,22)19-18-14(20)8-23-13-4-2-1-3-11(13)16/h1-7,19H,8H2,(H,18,20). The van der Waals surface area contributed by atoms with Gasteiger partial charge in [0, 0.05) is 4.90 Å². The second-order valence-corrected chi connectivity index (χ2v) is 7.15. The van der Waals surface area contributed by atoms with Gasteiger partial charge in [0.15, 0.2) is 11.6 Å². The molecule has 0 aliphatic rings. The SMILES string of the molecule is O=C(CSc1ccccc1F)NNS(=O)(=O)c1ccc(F)c(F)c1. The van der Waals surface area contributed by atoms with Gasteiger partial charge in [0.25, 0.3) is 10.0 Å². The molecule has 0 aromatic heterocycles. The molecule has 0 saturated carbocycles. The van der Waals surface area contributed by atoms with Crippen molar-refractivity contribution in [1.29, 1.82) is 0 Å². The normalized spacial score (nSPS) is 11.3. The van der Waals surface area contributed by atoms with Crippen LogP contribution in [0.25, 0.3) is 0 Å². The third-order valence-electron chi connectivity index (χ3n) is 2.72. The highest BCUT2D eigenvalue weighted by Gasteiger charge is 2.17. The van der Waals surface area contributed by atoms with Gasteiger partial charge >= 0.3 is 0 Å². The van der Waals surface area contributed by atoms with Crippen LogP contribution in [0.1, 0.15) is 0 Å². The molecule has 0 fully saturated rings. The molecule has 2 N–H and O–H groups in total. The van der Waals surface area contributed by atoms with Crippen LogP contribution < -0.4 is 10.3 Å². The van der Waals surface area contributed by atoms with Gasteiger partial charge in [-0.3, -0.25) is 10.2 Å². The number of rotatable bonds is 6. The summed E-state index contributed by atoms with van der Waals surface area (Å²) in [7, 11) is -4.26. The molecule has 2 rings (SSSR count). The van der Waals surface area contributed by atoms with Crippen molar-refractivity contribution in [1.82, 2.24) is 10.3 Å². The second kappa shape index (κ2) is 7.69. The highest BCUT2D eigenvalue weighted by Crippen LogP contribution is 2.20. The molecule has 1 amide bonds. The molecule has 0 aliphatic carbocycles. The van der Waals surface area contributed by atoms with Crippen molar-refractivity contribution in [2.45, 2.75) is 9.79 Å². The Kier molecular flexibility index (Phi) is 5.86. The van der Waals surface area contributed by atoms with Gasteiger partial charge in [0.2, 0.25) is 5.91 Å². The monoisotopic (exact) mass is 376 g/mol. The number of hydrogen-bond donors (Lipinski definition) is 2. The Bertz CT molecular complexity index is 860. The third-order valence-corrected chi connectivity index (χ3v) is 5.02. The molecule has 2 aromatic carbocycles. The molecule has 0 heterocycles. The first-order valence-corrected chi connectivity index (χ1v) is 8.89. The van der Waals surface area contributed by atoms with E-state index in [1.807, 2.05) is 5.43 Å². The van der Waals surface area contributed by atoms with E-state index >= 15 is 0 Å². The lowest BCUT2D eigenvalue weighted by atomic mass is 10.3. The van der Waals surface area contributed by atoms with Crippen molar-refractivity contribution in [3.8, 4) is 0 Å². The molecule has 0 aliphatic heterocycles. The van der Waals surface area contributed by atoms with Crippen molar-refractivity contribution in [3.05, 3.63) is 59.9 Å². The van der Waals surface area contributed by atoms with Crippen molar-refractivity contribution < 1.29 is 26.4 Å². The van der Waals surface area contributed by atoms with Gasteiger partial charge in [-0.15, -0.1) is 16.6 Å². The number of amides is 1. The summed E-state index contributed by atoms with van der Waals surface area (Å²) < 4.78 is 62.9. The van der Waals surface area contributed by atoms with E-state index in [4.69, 9.17) is 0 Å². The van der Waals surface area contributed by atoms with E-state index in [9.17, 15) is 26.4 Å². The Balaban J connectivity index is 1.93. The molecule has 10 heteroatoms. The van der Waals surface area contributed by atoms with Gasteiger partial charge in [-0.25, -0.2) is 21.6 Å². The topological polar surface area (TPSA) is 75.3 Å². The summed E-state index contributed by atoms with van der Waals surface area (Å²) in [6.07, 6.45) is 0. The Morgan fingerprint density at radius 1 is 1.00 bits per heavy atom. The number of sulfonamides is 1. The van der Waals surface area contributed by atoms with Crippen LogP contribution in [-0.4, -0.2) is 20.1 Å². The Morgan fingerprint density at radius 3 is 2.38 bits per heavy atom. The summed E-state index contributed by atoms with van der Waals surface area (Å²) in [6, 6.07) is 7.77. The number of benzene rings is 2. The van der Waals surface area contributed by atoms with E-state index in [0.29, 0.717) is 12.1 Å². The zero-order valence-electron chi connectivity index (χ0n) is 11.9. The van der Waals surface area contributed by atoms with E-state index in [1.165, 1.54) is 18.2 Å². The molecular weight excluding hydrogens is 365 g/mol. The maximum absolute atomic E-state index is 13.4. The molecule has 5 nitrogen and oxygen atoms in total. The van der Waals surface area contributed by atoms with Crippen LogP contribution in [0.5, 0.6) is 0 Å². The zero-order valence-corrected chi connectivity index (χ0v) is 13.6. The summed E-state index contributed by atoms with van der Waals surface area (Å²) in [4.78, 5) is 13.0. The third kappa shape index (κ3) is 4.73. The van der Waals surface area contributed by atoms with Gasteiger partial charge in [0.05, 0.1) is 10.6 Å². The number of nitrogens with one attached hydrogen (secondary N) is 2. The summed E-state index contributed by atoms with van der Waals surface area (Å²) in [5.74, 6) is -4.02. The minimum Gasteiger partial charge on any atom is -0.277 e. The Morgan fingerprint density at radius 2 is 1.71 bits per heavy atom. The predicted molar refractivity (Wildman–Crippen MR) is 81.9 cm³/mol. The molecule has 128 valence electrons. The van der Waals surface area contributed by atoms with Gasteiger partial charge in [0.1, 0.15) is 5.82 Å². The van der Waals surface area contributed by atoms with Crippen LogP contribution in [0.15, 0.2) is 52.3 Å². The van der Waals surface area contributed by atoms with Gasteiger partial charge in [-0.05, 0) is 30.3 Å². The molecule has 0 saturated heterocycles. The summed E-state index contributed by atoms with van der Waals surface area (Å²) in [5.41, 5.74) is 1.91. The van der Waals surface area contributed by atoms with Crippen molar-refractivity contribution in [2.24, 2.45) is 0 Å². The Hall–Kier alpha value is -2.04. The lowest BCUT2D eigenvalue weighted by molar-refractivity contribution is -0.119.